The highest BCUT2D eigenvalue weighted by atomic mass is 32.2. The van der Waals surface area contributed by atoms with E-state index in [0.29, 0.717) is 23.1 Å². The average molecular weight is 492 g/mol. The number of anilines is 2. The largest absolute Gasteiger partial charge is 0.466 e. The van der Waals surface area contributed by atoms with E-state index in [2.05, 4.69) is 15.0 Å². The average Bonchev–Trinajstić information content (AvgIpc) is 3.20. The van der Waals surface area contributed by atoms with Gasteiger partial charge in [-0.15, -0.1) is 23.1 Å². The standard InChI is InChI=1S/C21H21N3O5S3/c1-2-29-20(26)12-16-13-31-21(22-16)23-19(25)14-30-17-10-8-15(9-11-17)24-32(27,28)18-6-4-3-5-7-18/h3-11,13,24H,2,12,14H2,1H3,(H,22,23,25). The normalized spacial score (nSPS) is 11.0. The van der Waals surface area contributed by atoms with Crippen LogP contribution in [0.1, 0.15) is 12.6 Å². The molecule has 0 atom stereocenters. The lowest BCUT2D eigenvalue weighted by Crippen LogP contribution is -2.14. The zero-order chi connectivity index (χ0) is 23.0. The fraction of sp³-hybridized carbons (Fsp3) is 0.190. The van der Waals surface area contributed by atoms with Gasteiger partial charge in [0.15, 0.2) is 5.13 Å². The van der Waals surface area contributed by atoms with Crippen molar-refractivity contribution in [1.82, 2.24) is 4.98 Å². The molecular weight excluding hydrogens is 470 g/mol. The Labute approximate surface area is 194 Å². The molecule has 3 rings (SSSR count). The number of sulfonamides is 1. The summed E-state index contributed by atoms with van der Waals surface area (Å²) >= 11 is 2.55. The summed E-state index contributed by atoms with van der Waals surface area (Å²) < 4.78 is 32.1. The molecule has 1 heterocycles. The van der Waals surface area contributed by atoms with Gasteiger partial charge in [-0.3, -0.25) is 14.3 Å². The van der Waals surface area contributed by atoms with E-state index in [4.69, 9.17) is 4.74 Å². The van der Waals surface area contributed by atoms with Crippen LogP contribution < -0.4 is 10.0 Å². The van der Waals surface area contributed by atoms with Gasteiger partial charge < -0.3 is 10.1 Å². The summed E-state index contributed by atoms with van der Waals surface area (Å²) in [5.41, 5.74) is 0.976. The number of nitrogens with one attached hydrogen (secondary N) is 2. The molecule has 0 unspecified atom stereocenters. The van der Waals surface area contributed by atoms with Gasteiger partial charge in [-0.25, -0.2) is 13.4 Å². The van der Waals surface area contributed by atoms with E-state index in [-0.39, 0.29) is 28.9 Å². The molecular formula is C21H21N3O5S3. The SMILES string of the molecule is CCOC(=O)Cc1csc(NC(=O)CSc2ccc(NS(=O)(=O)c3ccccc3)cc2)n1. The van der Waals surface area contributed by atoms with Gasteiger partial charge in [-0.1, -0.05) is 18.2 Å². The first-order valence-corrected chi connectivity index (χ1v) is 12.9. The first-order valence-electron chi connectivity index (χ1n) is 9.56. The number of thiazole rings is 1. The number of ether oxygens (including phenoxy) is 1. The van der Waals surface area contributed by atoms with Crippen LogP contribution in [-0.4, -0.2) is 37.6 Å². The highest BCUT2D eigenvalue weighted by Crippen LogP contribution is 2.23. The number of hydrogen-bond acceptors (Lipinski definition) is 8. The molecule has 0 aliphatic carbocycles. The smallest absolute Gasteiger partial charge is 0.311 e. The van der Waals surface area contributed by atoms with Crippen molar-refractivity contribution in [2.24, 2.45) is 0 Å². The number of nitrogens with zero attached hydrogens (tertiary/aromatic N) is 1. The Kier molecular flexibility index (Phi) is 8.26. The first kappa shape index (κ1) is 23.8. The van der Waals surface area contributed by atoms with Gasteiger partial charge >= 0.3 is 5.97 Å². The van der Waals surface area contributed by atoms with Crippen LogP contribution in [0, 0.1) is 0 Å². The summed E-state index contributed by atoms with van der Waals surface area (Å²) in [5, 5.41) is 4.82. The molecule has 0 spiro atoms. The molecule has 0 bridgehead atoms. The lowest BCUT2D eigenvalue weighted by molar-refractivity contribution is -0.142. The second kappa shape index (κ2) is 11.1. The lowest BCUT2D eigenvalue weighted by atomic mass is 10.3. The minimum absolute atomic E-state index is 0.0648. The Balaban J connectivity index is 1.48. The summed E-state index contributed by atoms with van der Waals surface area (Å²) in [5.74, 6) is -0.441. The molecule has 2 aromatic carbocycles. The molecule has 0 saturated heterocycles. The molecule has 1 amide bonds. The van der Waals surface area contributed by atoms with Crippen LogP contribution >= 0.6 is 23.1 Å². The minimum Gasteiger partial charge on any atom is -0.466 e. The van der Waals surface area contributed by atoms with Crippen LogP contribution in [0.5, 0.6) is 0 Å². The quantitative estimate of drug-likeness (QED) is 0.328. The van der Waals surface area contributed by atoms with Crippen LogP contribution in [0.4, 0.5) is 10.8 Å². The van der Waals surface area contributed by atoms with Crippen LogP contribution in [0.2, 0.25) is 0 Å². The Morgan fingerprint density at radius 1 is 1.09 bits per heavy atom. The van der Waals surface area contributed by atoms with Crippen molar-refractivity contribution in [2.75, 3.05) is 22.4 Å². The van der Waals surface area contributed by atoms with E-state index in [0.717, 1.165) is 4.90 Å². The predicted molar refractivity (Wildman–Crippen MR) is 125 cm³/mol. The molecule has 0 saturated carbocycles. The third-order valence-electron chi connectivity index (χ3n) is 3.96. The predicted octanol–water partition coefficient (Wildman–Crippen LogP) is 3.78. The van der Waals surface area contributed by atoms with E-state index in [1.54, 1.807) is 54.8 Å². The highest BCUT2D eigenvalue weighted by Gasteiger charge is 2.14. The van der Waals surface area contributed by atoms with Gasteiger partial charge in [0.25, 0.3) is 10.0 Å². The van der Waals surface area contributed by atoms with E-state index in [9.17, 15) is 18.0 Å². The van der Waals surface area contributed by atoms with Crippen LogP contribution in [-0.2, 0) is 30.8 Å². The fourth-order valence-corrected chi connectivity index (χ4v) is 5.05. The zero-order valence-corrected chi connectivity index (χ0v) is 19.6. The number of aromatic nitrogens is 1. The summed E-state index contributed by atoms with van der Waals surface area (Å²) in [7, 11) is -3.65. The molecule has 0 aliphatic rings. The van der Waals surface area contributed by atoms with Crippen molar-refractivity contribution in [1.29, 1.82) is 0 Å². The number of thioether (sulfide) groups is 1. The van der Waals surface area contributed by atoms with E-state index < -0.39 is 10.0 Å². The number of carbonyl (C=O) groups excluding carboxylic acids is 2. The molecule has 0 fully saturated rings. The Bertz CT molecular complexity index is 1160. The maximum Gasteiger partial charge on any atom is 0.311 e. The molecule has 0 radical (unpaired) electrons. The molecule has 8 nitrogen and oxygen atoms in total. The molecule has 2 N–H and O–H groups in total. The van der Waals surface area contributed by atoms with Crippen molar-refractivity contribution in [3.63, 3.8) is 0 Å². The summed E-state index contributed by atoms with van der Waals surface area (Å²) in [4.78, 5) is 28.9. The van der Waals surface area contributed by atoms with Crippen molar-refractivity contribution in [3.05, 3.63) is 65.7 Å². The van der Waals surface area contributed by atoms with Gasteiger partial charge in [0.05, 0.1) is 29.4 Å². The number of esters is 1. The lowest BCUT2D eigenvalue weighted by Gasteiger charge is -2.08. The minimum atomic E-state index is -3.65. The van der Waals surface area contributed by atoms with Gasteiger partial charge in [0, 0.05) is 16.0 Å². The number of hydrogen-bond donors (Lipinski definition) is 2. The van der Waals surface area contributed by atoms with Gasteiger partial charge in [0.1, 0.15) is 0 Å². The van der Waals surface area contributed by atoms with E-state index in [1.165, 1.54) is 35.2 Å². The number of rotatable bonds is 10. The van der Waals surface area contributed by atoms with Gasteiger partial charge in [-0.05, 0) is 43.3 Å². The zero-order valence-electron chi connectivity index (χ0n) is 17.1. The molecule has 32 heavy (non-hydrogen) atoms. The summed E-state index contributed by atoms with van der Waals surface area (Å²) in [6.07, 6.45) is 0.0648. The Hall–Kier alpha value is -2.89. The maximum atomic E-state index is 12.4. The summed E-state index contributed by atoms with van der Waals surface area (Å²) in [6.45, 7) is 2.04. The summed E-state index contributed by atoms with van der Waals surface area (Å²) in [6, 6.07) is 14.9. The third kappa shape index (κ3) is 7.08. The number of amides is 1. The van der Waals surface area contributed by atoms with E-state index >= 15 is 0 Å². The van der Waals surface area contributed by atoms with Crippen LogP contribution in [0.15, 0.2) is 69.8 Å². The number of carbonyl (C=O) groups is 2. The Morgan fingerprint density at radius 2 is 1.81 bits per heavy atom. The van der Waals surface area contributed by atoms with Crippen molar-refractivity contribution in [3.8, 4) is 0 Å². The van der Waals surface area contributed by atoms with Crippen molar-refractivity contribution >= 4 is 55.8 Å². The monoisotopic (exact) mass is 491 g/mol. The molecule has 11 heteroatoms. The molecule has 0 aliphatic heterocycles. The fourth-order valence-electron chi connectivity index (χ4n) is 2.54. The van der Waals surface area contributed by atoms with Gasteiger partial charge in [-0.2, -0.15) is 0 Å². The highest BCUT2D eigenvalue weighted by molar-refractivity contribution is 8.00. The molecule has 168 valence electrons. The Morgan fingerprint density at radius 3 is 2.50 bits per heavy atom. The maximum absolute atomic E-state index is 12.4. The van der Waals surface area contributed by atoms with Crippen LogP contribution in [0.25, 0.3) is 0 Å². The van der Waals surface area contributed by atoms with Crippen LogP contribution in [0.3, 0.4) is 0 Å². The second-order valence-corrected chi connectivity index (χ2v) is 9.99. The van der Waals surface area contributed by atoms with E-state index in [1.807, 2.05) is 0 Å². The molecule has 3 aromatic rings. The third-order valence-corrected chi connectivity index (χ3v) is 7.17. The topological polar surface area (TPSA) is 114 Å². The second-order valence-electron chi connectivity index (χ2n) is 6.41. The number of benzene rings is 2. The van der Waals surface area contributed by atoms with Gasteiger partial charge in [0.2, 0.25) is 5.91 Å². The van der Waals surface area contributed by atoms with Crippen molar-refractivity contribution < 1.29 is 22.7 Å². The first-order chi connectivity index (χ1) is 15.4. The van der Waals surface area contributed by atoms with Crippen molar-refractivity contribution in [2.45, 2.75) is 23.1 Å². The molecule has 1 aromatic heterocycles.